The van der Waals surface area contributed by atoms with Gasteiger partial charge < -0.3 is 4.74 Å². The van der Waals surface area contributed by atoms with Crippen LogP contribution in [0.1, 0.15) is 0 Å². The van der Waals surface area contributed by atoms with E-state index in [-0.39, 0.29) is 5.75 Å². The summed E-state index contributed by atoms with van der Waals surface area (Å²) in [6.45, 7) is -2.76. The van der Waals surface area contributed by atoms with Gasteiger partial charge in [0.2, 0.25) is 0 Å². The van der Waals surface area contributed by atoms with Gasteiger partial charge in [-0.1, -0.05) is 6.07 Å². The topological polar surface area (TPSA) is 9.23 Å². The van der Waals surface area contributed by atoms with Crippen LogP contribution in [0.2, 0.25) is 0 Å². The summed E-state index contributed by atoms with van der Waals surface area (Å²) in [6, 6.07) is 7.30. The molecule has 0 spiro atoms. The Morgan fingerprint density at radius 1 is 1.55 bits per heavy atom. The number of benzene rings is 1. The van der Waals surface area contributed by atoms with Crippen molar-refractivity contribution in [2.45, 2.75) is 6.61 Å². The molecular formula is C7H4F2IO. The fourth-order valence-corrected chi connectivity index (χ4v) is 1.07. The summed E-state index contributed by atoms with van der Waals surface area (Å²) in [5.74, 6) is 0.194. The van der Waals surface area contributed by atoms with Gasteiger partial charge in [-0.25, -0.2) is 0 Å². The minimum absolute atomic E-state index is 0.194. The van der Waals surface area contributed by atoms with E-state index < -0.39 is 6.61 Å². The van der Waals surface area contributed by atoms with Gasteiger partial charge in [-0.05, 0) is 40.8 Å². The predicted octanol–water partition coefficient (Wildman–Crippen LogP) is 2.69. The first kappa shape index (κ1) is 8.70. The van der Waals surface area contributed by atoms with E-state index in [1.54, 1.807) is 6.07 Å². The van der Waals surface area contributed by atoms with Crippen LogP contribution in [0.3, 0.4) is 0 Å². The molecule has 0 saturated carbocycles. The van der Waals surface area contributed by atoms with Crippen molar-refractivity contribution in [3.05, 3.63) is 27.8 Å². The smallest absolute Gasteiger partial charge is 0.387 e. The minimum Gasteiger partial charge on any atom is -0.434 e. The Morgan fingerprint density at radius 2 is 2.27 bits per heavy atom. The molecule has 11 heavy (non-hydrogen) atoms. The van der Waals surface area contributed by atoms with Crippen LogP contribution in [0.15, 0.2) is 18.2 Å². The normalized spacial score (nSPS) is 10.2. The maximum absolute atomic E-state index is 11.7. The summed E-state index contributed by atoms with van der Waals surface area (Å²) < 4.78 is 28.1. The average molecular weight is 269 g/mol. The lowest BCUT2D eigenvalue weighted by molar-refractivity contribution is -0.0504. The van der Waals surface area contributed by atoms with Crippen molar-refractivity contribution < 1.29 is 13.5 Å². The third kappa shape index (κ3) is 2.61. The van der Waals surface area contributed by atoms with E-state index in [1.165, 1.54) is 12.1 Å². The van der Waals surface area contributed by atoms with E-state index in [9.17, 15) is 8.78 Å². The molecule has 0 aliphatic heterocycles. The number of hydrogen-bond acceptors (Lipinski definition) is 1. The van der Waals surface area contributed by atoms with E-state index in [0.717, 1.165) is 0 Å². The zero-order valence-electron chi connectivity index (χ0n) is 5.35. The molecule has 0 heterocycles. The molecule has 0 N–H and O–H groups in total. The fraction of sp³-hybridized carbons (Fsp3) is 0.143. The van der Waals surface area contributed by atoms with Crippen LogP contribution in [-0.2, 0) is 0 Å². The lowest BCUT2D eigenvalue weighted by atomic mass is 10.3. The summed E-state index contributed by atoms with van der Waals surface area (Å²) in [5.41, 5.74) is 0. The van der Waals surface area contributed by atoms with Crippen molar-refractivity contribution in [2.75, 3.05) is 0 Å². The minimum atomic E-state index is -2.76. The number of halogens is 3. The van der Waals surface area contributed by atoms with Crippen molar-refractivity contribution in [3.63, 3.8) is 0 Å². The first-order chi connectivity index (χ1) is 5.20. The molecule has 4 heteroatoms. The summed E-state index contributed by atoms with van der Waals surface area (Å²) in [4.78, 5) is 0. The number of hydrogen-bond donors (Lipinski definition) is 0. The van der Waals surface area contributed by atoms with E-state index in [1.807, 2.05) is 22.6 Å². The Labute approximate surface area is 76.5 Å². The summed E-state index contributed by atoms with van der Waals surface area (Å²) in [5, 5.41) is 0. The molecule has 1 aromatic rings. The molecule has 1 radical (unpaired) electrons. The third-order valence-electron chi connectivity index (χ3n) is 0.992. The highest BCUT2D eigenvalue weighted by molar-refractivity contribution is 14.1. The molecule has 0 fully saturated rings. The molecular weight excluding hydrogens is 265 g/mol. The molecule has 1 aromatic carbocycles. The Balaban J connectivity index is 2.78. The van der Waals surface area contributed by atoms with E-state index >= 15 is 0 Å². The summed E-state index contributed by atoms with van der Waals surface area (Å²) in [6.07, 6.45) is 0. The maximum atomic E-state index is 11.7. The lowest BCUT2D eigenvalue weighted by Gasteiger charge is -2.04. The summed E-state index contributed by atoms with van der Waals surface area (Å²) >= 11 is 1.90. The Kier molecular flexibility index (Phi) is 3.04. The standard InChI is InChI=1S/C7H4F2IO/c8-7(9)11-6-4-2-1-3-5(6)10/h2-4,7H. The molecule has 0 saturated heterocycles. The number of alkyl halides is 2. The van der Waals surface area contributed by atoms with Gasteiger partial charge in [0.05, 0.1) is 3.57 Å². The number of rotatable bonds is 2. The van der Waals surface area contributed by atoms with Gasteiger partial charge in [-0.3, -0.25) is 0 Å². The van der Waals surface area contributed by atoms with Crippen LogP contribution in [0.5, 0.6) is 5.75 Å². The second-order valence-corrected chi connectivity index (χ2v) is 2.90. The highest BCUT2D eigenvalue weighted by Gasteiger charge is 2.05. The predicted molar refractivity (Wildman–Crippen MR) is 44.6 cm³/mol. The van der Waals surface area contributed by atoms with Crippen molar-refractivity contribution in [1.29, 1.82) is 0 Å². The number of ether oxygens (including phenoxy) is 1. The Bertz CT molecular complexity index is 240. The van der Waals surface area contributed by atoms with Gasteiger partial charge in [0, 0.05) is 0 Å². The SMILES string of the molecule is FC(F)Oc1cc[c]cc1I. The molecule has 0 aliphatic carbocycles. The lowest BCUT2D eigenvalue weighted by Crippen LogP contribution is -2.02. The van der Waals surface area contributed by atoms with Crippen LogP contribution >= 0.6 is 22.6 Å². The third-order valence-corrected chi connectivity index (χ3v) is 1.84. The van der Waals surface area contributed by atoms with Crippen LogP contribution in [0, 0.1) is 9.64 Å². The van der Waals surface area contributed by atoms with Crippen molar-refractivity contribution in [3.8, 4) is 5.75 Å². The quantitative estimate of drug-likeness (QED) is 0.750. The zero-order valence-corrected chi connectivity index (χ0v) is 7.51. The molecule has 0 bridgehead atoms. The van der Waals surface area contributed by atoms with E-state index in [4.69, 9.17) is 0 Å². The zero-order chi connectivity index (χ0) is 8.27. The van der Waals surface area contributed by atoms with Crippen molar-refractivity contribution in [1.82, 2.24) is 0 Å². The van der Waals surface area contributed by atoms with Crippen molar-refractivity contribution >= 4 is 22.6 Å². The average Bonchev–Trinajstić information content (AvgIpc) is 1.93. The second kappa shape index (κ2) is 3.85. The Hall–Kier alpha value is -0.390. The van der Waals surface area contributed by atoms with Crippen LogP contribution < -0.4 is 4.74 Å². The first-order valence-corrected chi connectivity index (χ1v) is 3.88. The van der Waals surface area contributed by atoms with Crippen LogP contribution in [0.25, 0.3) is 0 Å². The van der Waals surface area contributed by atoms with Gasteiger partial charge in [-0.15, -0.1) is 0 Å². The summed E-state index contributed by atoms with van der Waals surface area (Å²) in [7, 11) is 0. The molecule has 0 aromatic heterocycles. The monoisotopic (exact) mass is 269 g/mol. The molecule has 1 rings (SSSR count). The van der Waals surface area contributed by atoms with Gasteiger partial charge in [0.15, 0.2) is 0 Å². The van der Waals surface area contributed by atoms with Crippen molar-refractivity contribution in [2.24, 2.45) is 0 Å². The molecule has 0 aliphatic rings. The second-order valence-electron chi connectivity index (χ2n) is 1.74. The van der Waals surface area contributed by atoms with Gasteiger partial charge >= 0.3 is 6.61 Å². The van der Waals surface area contributed by atoms with E-state index in [0.29, 0.717) is 3.57 Å². The molecule has 0 atom stereocenters. The van der Waals surface area contributed by atoms with Gasteiger partial charge in [-0.2, -0.15) is 8.78 Å². The largest absolute Gasteiger partial charge is 0.434 e. The molecule has 59 valence electrons. The Morgan fingerprint density at radius 3 is 2.82 bits per heavy atom. The van der Waals surface area contributed by atoms with Gasteiger partial charge in [0.25, 0.3) is 0 Å². The first-order valence-electron chi connectivity index (χ1n) is 2.80. The maximum Gasteiger partial charge on any atom is 0.387 e. The molecule has 0 unspecified atom stereocenters. The highest BCUT2D eigenvalue weighted by Crippen LogP contribution is 2.20. The molecule has 0 amide bonds. The highest BCUT2D eigenvalue weighted by atomic mass is 127. The van der Waals surface area contributed by atoms with Crippen LogP contribution in [0.4, 0.5) is 8.78 Å². The fourth-order valence-electron chi connectivity index (χ4n) is 0.587. The van der Waals surface area contributed by atoms with E-state index in [2.05, 4.69) is 10.8 Å². The molecule has 1 nitrogen and oxygen atoms in total. The van der Waals surface area contributed by atoms with Crippen LogP contribution in [-0.4, -0.2) is 6.61 Å². The van der Waals surface area contributed by atoms with Gasteiger partial charge in [0.1, 0.15) is 5.75 Å².